The molecule has 0 aromatic carbocycles. The minimum atomic E-state index is -1.08. The van der Waals surface area contributed by atoms with Gasteiger partial charge in [-0.1, -0.05) is 31.6 Å². The van der Waals surface area contributed by atoms with E-state index in [0.717, 1.165) is 0 Å². The number of allylic oxidation sites excluding steroid dienone is 2. The highest BCUT2D eigenvalue weighted by Crippen LogP contribution is 2.31. The van der Waals surface area contributed by atoms with Crippen LogP contribution in [-0.2, 0) is 19.1 Å². The first-order chi connectivity index (χ1) is 13.2. The first-order valence-electron chi connectivity index (χ1n) is 9.44. The second kappa shape index (κ2) is 13.9. The van der Waals surface area contributed by atoms with E-state index < -0.39 is 23.3 Å². The van der Waals surface area contributed by atoms with Gasteiger partial charge in [-0.2, -0.15) is 0 Å². The lowest BCUT2D eigenvalue weighted by atomic mass is 9.80. The fraction of sp³-hybridized carbons (Fsp3) is 0.650. The van der Waals surface area contributed by atoms with Crippen LogP contribution in [0, 0.1) is 5.41 Å². The van der Waals surface area contributed by atoms with Crippen LogP contribution in [0.3, 0.4) is 0 Å². The summed E-state index contributed by atoms with van der Waals surface area (Å²) in [5.41, 5.74) is -0.949. The van der Waals surface area contributed by atoms with Crippen LogP contribution in [0.15, 0.2) is 23.8 Å². The van der Waals surface area contributed by atoms with Gasteiger partial charge in [0.05, 0.1) is 5.41 Å². The summed E-state index contributed by atoms with van der Waals surface area (Å²) < 4.78 is 4.20. The van der Waals surface area contributed by atoms with E-state index in [2.05, 4.69) is 16.6 Å². The summed E-state index contributed by atoms with van der Waals surface area (Å²) in [5, 5.41) is 25.3. The highest BCUT2D eigenvalue weighted by Gasteiger charge is 2.34. The second-order valence-electron chi connectivity index (χ2n) is 6.98. The molecule has 0 spiro atoms. The van der Waals surface area contributed by atoms with E-state index in [1.165, 1.54) is 77.6 Å². The lowest BCUT2D eigenvalue weighted by Gasteiger charge is -2.25. The van der Waals surface area contributed by atoms with Gasteiger partial charge in [-0.05, 0) is 52.2 Å². The Kier molecular flexibility index (Phi) is 12.8. The zero-order valence-corrected chi connectivity index (χ0v) is 17.0. The van der Waals surface area contributed by atoms with E-state index in [1.54, 1.807) is 0 Å². The lowest BCUT2D eigenvalue weighted by Crippen LogP contribution is -2.30. The number of methoxy groups -OCH3 is 1. The van der Waals surface area contributed by atoms with Gasteiger partial charge in [-0.15, -0.1) is 0 Å². The van der Waals surface area contributed by atoms with E-state index in [0.29, 0.717) is 0 Å². The van der Waals surface area contributed by atoms with Crippen molar-refractivity contribution >= 4 is 17.9 Å². The maximum atomic E-state index is 10.8. The predicted molar refractivity (Wildman–Crippen MR) is 105 cm³/mol. The first-order valence-corrected chi connectivity index (χ1v) is 9.44. The molecule has 8 heteroatoms. The Morgan fingerprint density at radius 2 is 1.75 bits per heavy atom. The van der Waals surface area contributed by atoms with Crippen LogP contribution in [0.1, 0.15) is 46.0 Å². The van der Waals surface area contributed by atoms with Crippen molar-refractivity contribution in [1.82, 2.24) is 4.90 Å². The molecular weight excluding hydrogens is 366 g/mol. The van der Waals surface area contributed by atoms with Crippen molar-refractivity contribution in [2.75, 3.05) is 33.4 Å². The van der Waals surface area contributed by atoms with Crippen molar-refractivity contribution in [2.24, 2.45) is 5.41 Å². The molecule has 1 aliphatic carbocycles. The summed E-state index contributed by atoms with van der Waals surface area (Å²) >= 11 is 0. The molecule has 1 fully saturated rings. The SMILES string of the molecule is CC1(C(=O)O)C=CC=C(C(=O)O)C1.CCCN1CCCCC1.COCC(=O)O. The van der Waals surface area contributed by atoms with Crippen molar-refractivity contribution in [1.29, 1.82) is 0 Å². The Labute approximate surface area is 166 Å². The normalized spacial score (nSPS) is 21.3. The number of nitrogens with zero attached hydrogens (tertiary/aromatic N) is 1. The average Bonchev–Trinajstić information content (AvgIpc) is 2.64. The van der Waals surface area contributed by atoms with Crippen LogP contribution < -0.4 is 0 Å². The molecule has 0 saturated carbocycles. The van der Waals surface area contributed by atoms with Gasteiger partial charge in [0.25, 0.3) is 0 Å². The molecule has 0 aromatic rings. The standard InChI is InChI=1S/C9H10O4.C8H17N.C3H6O3/c1-9(8(12)13)4-2-3-6(5-9)7(10)11;1-2-6-9-7-4-3-5-8-9;1-6-2-3(4)5/h2-4H,5H2,1H3,(H,10,11)(H,12,13);2-8H2,1H3;2H2,1H3,(H,4,5). The number of carboxylic acid groups (broad SMARTS) is 3. The summed E-state index contributed by atoms with van der Waals surface area (Å²) in [6, 6.07) is 0. The monoisotopic (exact) mass is 399 g/mol. The third-order valence-corrected chi connectivity index (χ3v) is 4.34. The lowest BCUT2D eigenvalue weighted by molar-refractivity contribution is -0.145. The van der Waals surface area contributed by atoms with Crippen molar-refractivity contribution in [3.8, 4) is 0 Å². The third-order valence-electron chi connectivity index (χ3n) is 4.34. The number of hydrogen-bond acceptors (Lipinski definition) is 5. The summed E-state index contributed by atoms with van der Waals surface area (Å²) in [6.45, 7) is 7.58. The summed E-state index contributed by atoms with van der Waals surface area (Å²) in [5.74, 6) is -3.00. The van der Waals surface area contributed by atoms with Crippen LogP contribution in [-0.4, -0.2) is 71.5 Å². The largest absolute Gasteiger partial charge is 0.481 e. The molecule has 1 unspecified atom stereocenters. The van der Waals surface area contributed by atoms with Gasteiger partial charge >= 0.3 is 17.9 Å². The van der Waals surface area contributed by atoms with Gasteiger partial charge in [0.1, 0.15) is 6.61 Å². The molecule has 2 aliphatic rings. The highest BCUT2D eigenvalue weighted by atomic mass is 16.5. The van der Waals surface area contributed by atoms with E-state index >= 15 is 0 Å². The van der Waals surface area contributed by atoms with Crippen molar-refractivity contribution in [3.05, 3.63) is 23.8 Å². The molecule has 160 valence electrons. The number of carbonyl (C=O) groups is 3. The van der Waals surface area contributed by atoms with Crippen LogP contribution in [0.4, 0.5) is 0 Å². The quantitative estimate of drug-likeness (QED) is 0.623. The summed E-state index contributed by atoms with van der Waals surface area (Å²) in [6.07, 6.45) is 10.1. The molecule has 1 atom stereocenters. The minimum absolute atomic E-state index is 0.0359. The number of hydrogen-bond donors (Lipinski definition) is 3. The molecular formula is C20H33NO7. The van der Waals surface area contributed by atoms with Crippen LogP contribution in [0.25, 0.3) is 0 Å². The molecule has 0 radical (unpaired) electrons. The molecule has 2 rings (SSSR count). The maximum absolute atomic E-state index is 10.8. The number of piperidine rings is 1. The Morgan fingerprint density at radius 1 is 1.14 bits per heavy atom. The maximum Gasteiger partial charge on any atom is 0.331 e. The predicted octanol–water partition coefficient (Wildman–Crippen LogP) is 2.65. The fourth-order valence-corrected chi connectivity index (χ4v) is 2.81. The van der Waals surface area contributed by atoms with E-state index in [1.807, 2.05) is 0 Å². The number of ether oxygens (including phenoxy) is 1. The van der Waals surface area contributed by atoms with Crippen molar-refractivity contribution < 1.29 is 34.4 Å². The topological polar surface area (TPSA) is 124 Å². The Balaban J connectivity index is 0.000000423. The molecule has 28 heavy (non-hydrogen) atoms. The third kappa shape index (κ3) is 10.8. The van der Waals surface area contributed by atoms with Gasteiger partial charge < -0.3 is 25.0 Å². The number of likely N-dealkylation sites (tertiary alicyclic amines) is 1. The zero-order chi connectivity index (χ0) is 21.6. The molecule has 0 amide bonds. The fourth-order valence-electron chi connectivity index (χ4n) is 2.81. The van der Waals surface area contributed by atoms with E-state index in [9.17, 15) is 14.4 Å². The van der Waals surface area contributed by atoms with Crippen LogP contribution >= 0.6 is 0 Å². The first kappa shape index (κ1) is 25.8. The molecule has 3 N–H and O–H groups in total. The Morgan fingerprint density at radius 3 is 2.14 bits per heavy atom. The van der Waals surface area contributed by atoms with Gasteiger partial charge in [-0.3, -0.25) is 4.79 Å². The second-order valence-corrected chi connectivity index (χ2v) is 6.98. The number of carboxylic acids is 3. The van der Waals surface area contributed by atoms with Gasteiger partial charge in [0.2, 0.25) is 0 Å². The Bertz CT molecular complexity index is 562. The number of aliphatic carboxylic acids is 3. The smallest absolute Gasteiger partial charge is 0.331 e. The van der Waals surface area contributed by atoms with E-state index in [4.69, 9.17) is 15.3 Å². The van der Waals surface area contributed by atoms with Crippen molar-refractivity contribution in [3.63, 3.8) is 0 Å². The van der Waals surface area contributed by atoms with E-state index in [-0.39, 0.29) is 18.6 Å². The Hall–Kier alpha value is -2.19. The molecule has 0 aromatic heterocycles. The van der Waals surface area contributed by atoms with Crippen LogP contribution in [0.5, 0.6) is 0 Å². The van der Waals surface area contributed by atoms with Gasteiger partial charge in [0.15, 0.2) is 0 Å². The summed E-state index contributed by atoms with van der Waals surface area (Å²) in [7, 11) is 1.34. The van der Waals surface area contributed by atoms with Crippen molar-refractivity contribution in [2.45, 2.75) is 46.0 Å². The number of rotatable bonds is 6. The summed E-state index contributed by atoms with van der Waals surface area (Å²) in [4.78, 5) is 33.4. The minimum Gasteiger partial charge on any atom is -0.481 e. The molecule has 1 aliphatic heterocycles. The van der Waals surface area contributed by atoms with Crippen LogP contribution in [0.2, 0.25) is 0 Å². The molecule has 1 saturated heterocycles. The average molecular weight is 399 g/mol. The van der Waals surface area contributed by atoms with Gasteiger partial charge in [-0.25, -0.2) is 9.59 Å². The van der Waals surface area contributed by atoms with Gasteiger partial charge in [0, 0.05) is 12.7 Å². The highest BCUT2D eigenvalue weighted by molar-refractivity contribution is 5.90. The molecule has 1 heterocycles. The molecule has 8 nitrogen and oxygen atoms in total. The zero-order valence-electron chi connectivity index (χ0n) is 17.0. The molecule has 0 bridgehead atoms.